The summed E-state index contributed by atoms with van der Waals surface area (Å²) >= 11 is 0. The van der Waals surface area contributed by atoms with Gasteiger partial charge in [-0.3, -0.25) is 4.90 Å². The summed E-state index contributed by atoms with van der Waals surface area (Å²) in [6.07, 6.45) is 1.48. The highest BCUT2D eigenvalue weighted by Crippen LogP contribution is 2.34. The molecule has 0 radical (unpaired) electrons. The molecule has 0 spiro atoms. The molecule has 20 heavy (non-hydrogen) atoms. The number of rotatable bonds is 2. The first-order valence-electron chi connectivity index (χ1n) is 6.63. The molecule has 2 aliphatic rings. The molecule has 0 unspecified atom stereocenters. The summed E-state index contributed by atoms with van der Waals surface area (Å²) in [5.74, 6) is -0.473. The predicted octanol–water partition coefficient (Wildman–Crippen LogP) is 1.20. The predicted molar refractivity (Wildman–Crippen MR) is 75.5 cm³/mol. The fourth-order valence-electron chi connectivity index (χ4n) is 2.63. The van der Waals surface area contributed by atoms with Gasteiger partial charge in [-0.25, -0.2) is 12.8 Å². The summed E-state index contributed by atoms with van der Waals surface area (Å²) in [5.41, 5.74) is 0.205. The lowest BCUT2D eigenvalue weighted by Crippen LogP contribution is -2.45. The van der Waals surface area contributed by atoms with Gasteiger partial charge in [0, 0.05) is 38.3 Å². The molecule has 0 amide bonds. The Morgan fingerprint density at radius 3 is 2.55 bits per heavy atom. The van der Waals surface area contributed by atoms with E-state index in [2.05, 4.69) is 9.80 Å². The highest BCUT2D eigenvalue weighted by atomic mass is 32.2. The number of hydrogen-bond donors (Lipinski definition) is 0. The summed E-state index contributed by atoms with van der Waals surface area (Å²) in [5, 5.41) is 0. The number of fused-ring (bicyclic) bond motifs is 1. The molecule has 0 aromatic heterocycles. The summed E-state index contributed by atoms with van der Waals surface area (Å²) < 4.78 is 38.5. The van der Waals surface area contributed by atoms with Crippen molar-refractivity contribution in [2.24, 2.45) is 0 Å². The van der Waals surface area contributed by atoms with Gasteiger partial charge in [0.25, 0.3) is 0 Å². The van der Waals surface area contributed by atoms with Crippen molar-refractivity contribution >= 4 is 15.9 Å². The van der Waals surface area contributed by atoms with Gasteiger partial charge in [-0.05, 0) is 25.3 Å². The molecule has 1 aromatic rings. The molecule has 108 valence electrons. The Balaban J connectivity index is 1.86. The van der Waals surface area contributed by atoms with Gasteiger partial charge in [0.2, 0.25) is 9.84 Å². The maximum absolute atomic E-state index is 13.7. The summed E-state index contributed by atoms with van der Waals surface area (Å²) in [7, 11) is -1.47. The van der Waals surface area contributed by atoms with Gasteiger partial charge in [-0.15, -0.1) is 0 Å². The minimum absolute atomic E-state index is 0.0987. The lowest BCUT2D eigenvalue weighted by molar-refractivity contribution is 0.166. The smallest absolute Gasteiger partial charge is 0.204 e. The van der Waals surface area contributed by atoms with E-state index in [9.17, 15) is 12.8 Å². The topological polar surface area (TPSA) is 40.6 Å². The van der Waals surface area contributed by atoms with E-state index in [1.807, 2.05) is 7.05 Å². The van der Waals surface area contributed by atoms with E-state index in [0.29, 0.717) is 11.4 Å². The van der Waals surface area contributed by atoms with Gasteiger partial charge in [-0.2, -0.15) is 0 Å². The average molecular weight is 296 g/mol. The first-order valence-corrected chi connectivity index (χ1v) is 8.12. The van der Waals surface area contributed by atoms with Gasteiger partial charge in [0.1, 0.15) is 5.82 Å². The Labute approximate surface area is 118 Å². The van der Waals surface area contributed by atoms with Crippen LogP contribution in [0.15, 0.2) is 28.0 Å². The Hall–Kier alpha value is -1.24. The van der Waals surface area contributed by atoms with Crippen LogP contribution in [0.3, 0.4) is 0 Å². The van der Waals surface area contributed by atoms with E-state index in [-0.39, 0.29) is 10.5 Å². The van der Waals surface area contributed by atoms with Crippen molar-refractivity contribution in [1.29, 1.82) is 0 Å². The second-order valence-electron chi connectivity index (χ2n) is 5.35. The van der Waals surface area contributed by atoms with E-state index in [1.165, 1.54) is 24.3 Å². The standard InChI is InChI=1S/C14H17FN2O2S/c1-16-5-7-17(8-6-16)10-11-9-12-13(15)3-2-4-14(12)20(11,18)19/h2-4,9H,5-8,10H2,1H3. The lowest BCUT2D eigenvalue weighted by atomic mass is 10.2. The van der Waals surface area contributed by atoms with Crippen LogP contribution in [0.5, 0.6) is 0 Å². The van der Waals surface area contributed by atoms with Crippen LogP contribution in [0.1, 0.15) is 5.56 Å². The minimum Gasteiger partial charge on any atom is -0.304 e. The molecule has 3 rings (SSSR count). The summed E-state index contributed by atoms with van der Waals surface area (Å²) in [6.45, 7) is 3.89. The third kappa shape index (κ3) is 2.28. The van der Waals surface area contributed by atoms with Crippen molar-refractivity contribution in [1.82, 2.24) is 9.80 Å². The number of piperazine rings is 1. The molecule has 2 aliphatic heterocycles. The van der Waals surface area contributed by atoms with Crippen molar-refractivity contribution in [3.8, 4) is 0 Å². The molecule has 6 heteroatoms. The molecule has 0 aliphatic carbocycles. The van der Waals surface area contributed by atoms with Crippen LogP contribution in [0.4, 0.5) is 4.39 Å². The Morgan fingerprint density at radius 1 is 1.20 bits per heavy atom. The summed E-state index contributed by atoms with van der Waals surface area (Å²) in [4.78, 5) is 4.72. The fourth-order valence-corrected chi connectivity index (χ4v) is 4.24. The number of nitrogens with zero attached hydrogens (tertiary/aromatic N) is 2. The zero-order chi connectivity index (χ0) is 14.3. The average Bonchev–Trinajstić information content (AvgIpc) is 2.66. The van der Waals surface area contributed by atoms with Crippen molar-refractivity contribution in [3.63, 3.8) is 0 Å². The minimum atomic E-state index is -3.52. The second kappa shape index (κ2) is 4.95. The van der Waals surface area contributed by atoms with E-state index in [0.717, 1.165) is 26.2 Å². The van der Waals surface area contributed by atoms with E-state index >= 15 is 0 Å². The molecule has 4 nitrogen and oxygen atoms in total. The van der Waals surface area contributed by atoms with Crippen LogP contribution in [-0.4, -0.2) is 58.0 Å². The normalized spacial score (nSPS) is 22.6. The Bertz CT molecular complexity index is 662. The number of halogens is 1. The highest BCUT2D eigenvalue weighted by molar-refractivity contribution is 7.95. The first-order chi connectivity index (χ1) is 9.48. The number of hydrogen-bond acceptors (Lipinski definition) is 4. The maximum Gasteiger partial charge on any atom is 0.204 e. The molecule has 1 saturated heterocycles. The quantitative estimate of drug-likeness (QED) is 0.822. The second-order valence-corrected chi connectivity index (χ2v) is 7.32. The van der Waals surface area contributed by atoms with Crippen LogP contribution >= 0.6 is 0 Å². The van der Waals surface area contributed by atoms with E-state index < -0.39 is 15.7 Å². The van der Waals surface area contributed by atoms with E-state index in [4.69, 9.17) is 0 Å². The zero-order valence-corrected chi connectivity index (χ0v) is 12.2. The summed E-state index contributed by atoms with van der Waals surface area (Å²) in [6, 6.07) is 4.21. The molecular formula is C14H17FN2O2S. The molecular weight excluding hydrogens is 279 g/mol. The Morgan fingerprint density at radius 2 is 1.90 bits per heavy atom. The van der Waals surface area contributed by atoms with Crippen LogP contribution in [-0.2, 0) is 9.84 Å². The zero-order valence-electron chi connectivity index (χ0n) is 11.3. The monoisotopic (exact) mass is 296 g/mol. The molecule has 0 atom stereocenters. The SMILES string of the molecule is CN1CCN(CC2=Cc3c(F)cccc3S2(=O)=O)CC1. The van der Waals surface area contributed by atoms with Crippen LogP contribution in [0.2, 0.25) is 0 Å². The Kier molecular flexibility index (Phi) is 3.40. The number of likely N-dealkylation sites (N-methyl/N-ethyl adjacent to an activating group) is 1. The molecule has 1 aromatic carbocycles. The van der Waals surface area contributed by atoms with E-state index in [1.54, 1.807) is 0 Å². The van der Waals surface area contributed by atoms with Gasteiger partial charge in [-0.1, -0.05) is 6.07 Å². The fraction of sp³-hybridized carbons (Fsp3) is 0.429. The molecule has 0 saturated carbocycles. The van der Waals surface area contributed by atoms with Crippen molar-refractivity contribution in [2.45, 2.75) is 4.90 Å². The molecule has 2 heterocycles. The number of benzene rings is 1. The first kappa shape index (κ1) is 13.7. The van der Waals surface area contributed by atoms with Gasteiger partial charge in [0.15, 0.2) is 0 Å². The highest BCUT2D eigenvalue weighted by Gasteiger charge is 2.32. The largest absolute Gasteiger partial charge is 0.304 e. The molecule has 1 fully saturated rings. The van der Waals surface area contributed by atoms with Crippen molar-refractivity contribution in [2.75, 3.05) is 39.8 Å². The van der Waals surface area contributed by atoms with Gasteiger partial charge >= 0.3 is 0 Å². The van der Waals surface area contributed by atoms with Crippen LogP contribution < -0.4 is 0 Å². The van der Waals surface area contributed by atoms with Crippen molar-refractivity contribution < 1.29 is 12.8 Å². The van der Waals surface area contributed by atoms with Crippen molar-refractivity contribution in [3.05, 3.63) is 34.5 Å². The third-order valence-electron chi connectivity index (χ3n) is 3.93. The van der Waals surface area contributed by atoms with Gasteiger partial charge < -0.3 is 4.90 Å². The third-order valence-corrected chi connectivity index (χ3v) is 5.80. The van der Waals surface area contributed by atoms with Crippen LogP contribution in [0, 0.1) is 5.82 Å². The molecule has 0 N–H and O–H groups in total. The van der Waals surface area contributed by atoms with Crippen LogP contribution in [0.25, 0.3) is 6.08 Å². The molecule has 0 bridgehead atoms. The number of sulfone groups is 1. The lowest BCUT2D eigenvalue weighted by Gasteiger charge is -2.32. The van der Waals surface area contributed by atoms with Gasteiger partial charge in [0.05, 0.1) is 9.80 Å². The maximum atomic E-state index is 13.7.